The molecule has 2 rings (SSSR count). The number of hydrogen-bond acceptors (Lipinski definition) is 4. The van der Waals surface area contributed by atoms with E-state index in [-0.39, 0.29) is 11.1 Å². The quantitative estimate of drug-likeness (QED) is 0.608. The van der Waals surface area contributed by atoms with E-state index in [1.165, 1.54) is 0 Å². The fourth-order valence-electron chi connectivity index (χ4n) is 2.59. The van der Waals surface area contributed by atoms with Gasteiger partial charge in [-0.3, -0.25) is 0 Å². The van der Waals surface area contributed by atoms with Crippen molar-refractivity contribution in [1.29, 1.82) is 0 Å². The third kappa shape index (κ3) is 3.89. The van der Waals surface area contributed by atoms with Crippen LogP contribution in [0.15, 0.2) is 48.5 Å². The van der Waals surface area contributed by atoms with Crippen LogP contribution in [0.5, 0.6) is 0 Å². The SMILES string of the molecule is CC(C)(C)C(C)(Nc1ccccc1CN)Nc1ccccc1CN. The van der Waals surface area contributed by atoms with Gasteiger partial charge in [-0.15, -0.1) is 0 Å². The number of benzene rings is 2. The van der Waals surface area contributed by atoms with E-state index in [9.17, 15) is 0 Å². The van der Waals surface area contributed by atoms with Crippen molar-refractivity contribution in [3.05, 3.63) is 59.7 Å². The predicted octanol–water partition coefficient (Wildman–Crippen LogP) is 3.89. The molecule has 0 heterocycles. The first-order valence-corrected chi connectivity index (χ1v) is 8.43. The molecule has 0 bridgehead atoms. The van der Waals surface area contributed by atoms with Crippen molar-refractivity contribution in [3.8, 4) is 0 Å². The minimum Gasteiger partial charge on any atom is -0.362 e. The van der Waals surface area contributed by atoms with E-state index < -0.39 is 0 Å². The van der Waals surface area contributed by atoms with Gasteiger partial charge in [-0.2, -0.15) is 0 Å². The van der Waals surface area contributed by atoms with Crippen molar-refractivity contribution in [3.63, 3.8) is 0 Å². The molecule has 24 heavy (non-hydrogen) atoms. The molecular formula is C20H30N4. The Bertz CT molecular complexity index is 624. The van der Waals surface area contributed by atoms with Crippen LogP contribution in [0.25, 0.3) is 0 Å². The number of anilines is 2. The minimum absolute atomic E-state index is 0.0591. The molecule has 0 aliphatic heterocycles. The lowest BCUT2D eigenvalue weighted by Crippen LogP contribution is -2.54. The molecule has 0 aromatic heterocycles. The molecule has 0 saturated heterocycles. The zero-order valence-electron chi connectivity index (χ0n) is 15.2. The summed E-state index contributed by atoms with van der Waals surface area (Å²) in [6.45, 7) is 9.81. The summed E-state index contributed by atoms with van der Waals surface area (Å²) in [5.41, 5.74) is 15.7. The Kier molecular flexibility index (Phi) is 5.52. The zero-order chi connectivity index (χ0) is 17.8. The highest BCUT2D eigenvalue weighted by atomic mass is 15.2. The van der Waals surface area contributed by atoms with Crippen molar-refractivity contribution >= 4 is 11.4 Å². The molecule has 0 spiro atoms. The lowest BCUT2D eigenvalue weighted by atomic mass is 9.80. The Balaban J connectivity index is 2.40. The standard InChI is InChI=1S/C20H30N4/c1-19(2,3)20(4,23-17-11-7-5-9-15(17)13-21)24-18-12-8-6-10-16(18)14-22/h5-12,23-24H,13-14,21-22H2,1-4H3. The Morgan fingerprint density at radius 3 is 1.42 bits per heavy atom. The Labute approximate surface area is 145 Å². The van der Waals surface area contributed by atoms with Crippen LogP contribution in [-0.4, -0.2) is 5.66 Å². The van der Waals surface area contributed by atoms with Crippen LogP contribution in [0, 0.1) is 5.41 Å². The summed E-state index contributed by atoms with van der Waals surface area (Å²) in [4.78, 5) is 0. The monoisotopic (exact) mass is 326 g/mol. The lowest BCUT2D eigenvalue weighted by molar-refractivity contribution is 0.263. The van der Waals surface area contributed by atoms with Crippen molar-refractivity contribution in [2.24, 2.45) is 16.9 Å². The molecule has 0 saturated carbocycles. The molecule has 4 heteroatoms. The van der Waals surface area contributed by atoms with E-state index in [1.54, 1.807) is 0 Å². The topological polar surface area (TPSA) is 76.1 Å². The second-order valence-corrected chi connectivity index (χ2v) is 7.35. The van der Waals surface area contributed by atoms with Crippen LogP contribution in [0.3, 0.4) is 0 Å². The van der Waals surface area contributed by atoms with Crippen molar-refractivity contribution in [2.75, 3.05) is 10.6 Å². The van der Waals surface area contributed by atoms with E-state index in [0.717, 1.165) is 22.5 Å². The van der Waals surface area contributed by atoms with Crippen LogP contribution in [-0.2, 0) is 13.1 Å². The van der Waals surface area contributed by atoms with Gasteiger partial charge in [0.05, 0.1) is 0 Å². The van der Waals surface area contributed by atoms with Crippen LogP contribution in [0.2, 0.25) is 0 Å². The second kappa shape index (κ2) is 7.24. The molecule has 130 valence electrons. The summed E-state index contributed by atoms with van der Waals surface area (Å²) >= 11 is 0. The summed E-state index contributed by atoms with van der Waals surface area (Å²) in [5, 5.41) is 7.37. The van der Waals surface area contributed by atoms with Gasteiger partial charge in [0.25, 0.3) is 0 Å². The first-order chi connectivity index (χ1) is 11.3. The summed E-state index contributed by atoms with van der Waals surface area (Å²) in [6.07, 6.45) is 0. The van der Waals surface area contributed by atoms with Crippen molar-refractivity contribution in [1.82, 2.24) is 0 Å². The molecule has 0 aliphatic carbocycles. The summed E-state index contributed by atoms with van der Waals surface area (Å²) in [7, 11) is 0. The molecule has 0 atom stereocenters. The number of rotatable bonds is 6. The molecule has 0 fully saturated rings. The first kappa shape index (κ1) is 18.3. The van der Waals surface area contributed by atoms with Gasteiger partial charge in [0.15, 0.2) is 0 Å². The summed E-state index contributed by atoms with van der Waals surface area (Å²) < 4.78 is 0. The minimum atomic E-state index is -0.385. The zero-order valence-corrected chi connectivity index (χ0v) is 15.2. The lowest BCUT2D eigenvalue weighted by Gasteiger charge is -2.45. The van der Waals surface area contributed by atoms with Gasteiger partial charge in [-0.25, -0.2) is 0 Å². The highest BCUT2D eigenvalue weighted by Crippen LogP contribution is 2.36. The van der Waals surface area contributed by atoms with Crippen LogP contribution >= 0.6 is 0 Å². The van der Waals surface area contributed by atoms with Gasteiger partial charge in [0.1, 0.15) is 5.66 Å². The number of hydrogen-bond donors (Lipinski definition) is 4. The molecule has 0 amide bonds. The third-order valence-electron chi connectivity index (χ3n) is 4.74. The molecule has 2 aromatic carbocycles. The number of nitrogens with one attached hydrogen (secondary N) is 2. The van der Waals surface area contributed by atoms with Gasteiger partial charge in [-0.1, -0.05) is 57.2 Å². The second-order valence-electron chi connectivity index (χ2n) is 7.35. The Morgan fingerprint density at radius 2 is 1.08 bits per heavy atom. The maximum absolute atomic E-state index is 5.90. The van der Waals surface area contributed by atoms with Gasteiger partial charge in [0.2, 0.25) is 0 Å². The van der Waals surface area contributed by atoms with E-state index in [0.29, 0.717) is 13.1 Å². The van der Waals surface area contributed by atoms with Crippen LogP contribution in [0.1, 0.15) is 38.8 Å². The smallest absolute Gasteiger partial charge is 0.110 e. The van der Waals surface area contributed by atoms with Crippen molar-refractivity contribution in [2.45, 2.75) is 46.4 Å². The summed E-state index contributed by atoms with van der Waals surface area (Å²) in [5.74, 6) is 0. The van der Waals surface area contributed by atoms with Gasteiger partial charge in [0, 0.05) is 29.9 Å². The largest absolute Gasteiger partial charge is 0.362 e. The normalized spacial score (nSPS) is 12.1. The first-order valence-electron chi connectivity index (χ1n) is 8.43. The van der Waals surface area contributed by atoms with Crippen molar-refractivity contribution < 1.29 is 0 Å². The molecular weight excluding hydrogens is 296 g/mol. The fraction of sp³-hybridized carbons (Fsp3) is 0.400. The maximum atomic E-state index is 5.90. The number of nitrogens with two attached hydrogens (primary N) is 2. The molecule has 0 aliphatic rings. The van der Waals surface area contributed by atoms with Gasteiger partial charge in [-0.05, 0) is 30.2 Å². The van der Waals surface area contributed by atoms with E-state index in [1.807, 2.05) is 24.3 Å². The molecule has 0 radical (unpaired) electrons. The Morgan fingerprint density at radius 1 is 0.708 bits per heavy atom. The van der Waals surface area contributed by atoms with Gasteiger partial charge >= 0.3 is 0 Å². The highest BCUT2D eigenvalue weighted by Gasteiger charge is 2.38. The fourth-order valence-corrected chi connectivity index (χ4v) is 2.59. The highest BCUT2D eigenvalue weighted by molar-refractivity contribution is 5.59. The van der Waals surface area contributed by atoms with Crippen LogP contribution in [0.4, 0.5) is 11.4 Å². The maximum Gasteiger partial charge on any atom is 0.110 e. The van der Waals surface area contributed by atoms with E-state index >= 15 is 0 Å². The molecule has 4 nitrogen and oxygen atoms in total. The van der Waals surface area contributed by atoms with Gasteiger partial charge < -0.3 is 22.1 Å². The average Bonchev–Trinajstić information content (AvgIpc) is 2.54. The van der Waals surface area contributed by atoms with Crippen LogP contribution < -0.4 is 22.1 Å². The third-order valence-corrected chi connectivity index (χ3v) is 4.74. The molecule has 6 N–H and O–H groups in total. The predicted molar refractivity (Wildman–Crippen MR) is 104 cm³/mol. The van der Waals surface area contributed by atoms with E-state index in [2.05, 4.69) is 62.6 Å². The Hall–Kier alpha value is -2.04. The number of para-hydroxylation sites is 2. The molecule has 2 aromatic rings. The summed E-state index contributed by atoms with van der Waals surface area (Å²) in [6, 6.07) is 16.3. The average molecular weight is 326 g/mol. The van der Waals surface area contributed by atoms with E-state index in [4.69, 9.17) is 11.5 Å². The molecule has 0 unspecified atom stereocenters.